The summed E-state index contributed by atoms with van der Waals surface area (Å²) in [5.74, 6) is 1.56. The monoisotopic (exact) mass is 490 g/mol. The maximum atomic E-state index is 12.5. The molecule has 34 heavy (non-hydrogen) atoms. The van der Waals surface area contributed by atoms with Gasteiger partial charge in [-0.25, -0.2) is 0 Å². The predicted octanol–water partition coefficient (Wildman–Crippen LogP) is 5.81. The van der Waals surface area contributed by atoms with E-state index >= 15 is 0 Å². The number of carbonyl (C=O) groups is 1. The summed E-state index contributed by atoms with van der Waals surface area (Å²) >= 11 is 7.74. The van der Waals surface area contributed by atoms with E-state index in [0.717, 1.165) is 28.8 Å². The molecule has 174 valence electrons. The molecule has 4 rings (SSSR count). The maximum absolute atomic E-state index is 12.5. The summed E-state index contributed by atoms with van der Waals surface area (Å²) in [4.78, 5) is 12.5. The average Bonchev–Trinajstić information content (AvgIpc) is 3.26. The topological polar surface area (TPSA) is 59.8 Å². The molecule has 1 heterocycles. The molecule has 1 amide bonds. The molecule has 0 atom stereocenters. The molecule has 4 aromatic rings. The largest absolute Gasteiger partial charge is 0.356 e. The third kappa shape index (κ3) is 6.49. The molecule has 0 bridgehead atoms. The molecule has 0 unspecified atom stereocenters. The predicted molar refractivity (Wildman–Crippen MR) is 139 cm³/mol. The lowest BCUT2D eigenvalue weighted by Crippen LogP contribution is -2.26. The maximum Gasteiger partial charge on any atom is 0.220 e. The van der Waals surface area contributed by atoms with Gasteiger partial charge in [0.15, 0.2) is 5.16 Å². The van der Waals surface area contributed by atoms with Gasteiger partial charge in [0.2, 0.25) is 5.91 Å². The van der Waals surface area contributed by atoms with Gasteiger partial charge in [0, 0.05) is 35.8 Å². The fraction of sp³-hybridized carbons (Fsp3) is 0.222. The average molecular weight is 491 g/mol. The fourth-order valence-electron chi connectivity index (χ4n) is 3.62. The second-order valence-corrected chi connectivity index (χ2v) is 9.39. The molecule has 0 spiro atoms. The number of thioether (sulfide) groups is 1. The van der Waals surface area contributed by atoms with Gasteiger partial charge in [0.25, 0.3) is 0 Å². The zero-order valence-electron chi connectivity index (χ0n) is 19.1. The van der Waals surface area contributed by atoms with Crippen molar-refractivity contribution >= 4 is 29.3 Å². The van der Waals surface area contributed by atoms with E-state index in [1.165, 1.54) is 16.7 Å². The number of hydrogen-bond acceptors (Lipinski definition) is 4. The standard InChI is InChI=1S/C27H27ClN4OS/c1-20-7-5-6-10-22(20)19-34-27-31-30-25(32(27)24-13-11-23(28)12-14-24)15-16-26(33)29-18-17-21-8-3-2-4-9-21/h2-14H,15-19H2,1H3,(H,29,33). The highest BCUT2D eigenvalue weighted by molar-refractivity contribution is 7.98. The molecule has 0 saturated heterocycles. The van der Waals surface area contributed by atoms with E-state index in [1.807, 2.05) is 53.1 Å². The molecule has 0 radical (unpaired) electrons. The van der Waals surface area contributed by atoms with Gasteiger partial charge in [-0.05, 0) is 54.3 Å². The fourth-order valence-corrected chi connectivity index (χ4v) is 4.80. The first-order valence-corrected chi connectivity index (χ1v) is 12.6. The Kier molecular flexibility index (Phi) is 8.39. The lowest BCUT2D eigenvalue weighted by molar-refractivity contribution is -0.121. The van der Waals surface area contributed by atoms with Crippen LogP contribution < -0.4 is 5.32 Å². The first-order chi connectivity index (χ1) is 16.6. The first-order valence-electron chi connectivity index (χ1n) is 11.3. The minimum atomic E-state index is 0.00991. The molecular weight excluding hydrogens is 464 g/mol. The Morgan fingerprint density at radius 1 is 0.941 bits per heavy atom. The zero-order chi connectivity index (χ0) is 23.8. The van der Waals surface area contributed by atoms with Crippen LogP contribution in [0.5, 0.6) is 0 Å². The number of amides is 1. The van der Waals surface area contributed by atoms with Gasteiger partial charge in [0.05, 0.1) is 0 Å². The summed E-state index contributed by atoms with van der Waals surface area (Å²) in [6.07, 6.45) is 1.66. The van der Waals surface area contributed by atoms with E-state index < -0.39 is 0 Å². The minimum absolute atomic E-state index is 0.00991. The van der Waals surface area contributed by atoms with Crippen molar-refractivity contribution in [1.29, 1.82) is 0 Å². The Balaban J connectivity index is 1.43. The number of halogens is 1. The van der Waals surface area contributed by atoms with Crippen molar-refractivity contribution in [3.63, 3.8) is 0 Å². The van der Waals surface area contributed by atoms with E-state index in [9.17, 15) is 4.79 Å². The van der Waals surface area contributed by atoms with Crippen LogP contribution in [0, 0.1) is 6.92 Å². The van der Waals surface area contributed by atoms with Crippen molar-refractivity contribution in [3.05, 3.63) is 106 Å². The van der Waals surface area contributed by atoms with Crippen molar-refractivity contribution in [2.24, 2.45) is 0 Å². The zero-order valence-corrected chi connectivity index (χ0v) is 20.6. The Bertz CT molecular complexity index is 1230. The number of carbonyl (C=O) groups excluding carboxylic acids is 1. The van der Waals surface area contributed by atoms with Gasteiger partial charge in [0.1, 0.15) is 5.82 Å². The van der Waals surface area contributed by atoms with E-state index in [0.29, 0.717) is 24.4 Å². The van der Waals surface area contributed by atoms with Crippen LogP contribution in [-0.4, -0.2) is 27.2 Å². The number of aromatic nitrogens is 3. The number of nitrogens with zero attached hydrogens (tertiary/aromatic N) is 3. The van der Waals surface area contributed by atoms with E-state index in [4.69, 9.17) is 11.6 Å². The van der Waals surface area contributed by atoms with Crippen molar-refractivity contribution in [2.75, 3.05) is 6.54 Å². The third-order valence-electron chi connectivity index (χ3n) is 5.56. The third-order valence-corrected chi connectivity index (χ3v) is 6.79. The summed E-state index contributed by atoms with van der Waals surface area (Å²) in [6, 6.07) is 26.1. The lowest BCUT2D eigenvalue weighted by atomic mass is 10.1. The van der Waals surface area contributed by atoms with Gasteiger partial charge >= 0.3 is 0 Å². The summed E-state index contributed by atoms with van der Waals surface area (Å²) in [5.41, 5.74) is 4.65. The molecule has 3 aromatic carbocycles. The van der Waals surface area contributed by atoms with Gasteiger partial charge < -0.3 is 5.32 Å². The van der Waals surface area contributed by atoms with Crippen molar-refractivity contribution < 1.29 is 4.79 Å². The number of rotatable bonds is 10. The quantitative estimate of drug-likeness (QED) is 0.285. The van der Waals surface area contributed by atoms with E-state index in [-0.39, 0.29) is 5.91 Å². The number of nitrogens with one attached hydrogen (secondary N) is 1. The number of aryl methyl sites for hydroxylation is 2. The van der Waals surface area contributed by atoms with Gasteiger partial charge in [-0.2, -0.15) is 0 Å². The molecular formula is C27H27ClN4OS. The van der Waals surface area contributed by atoms with Crippen LogP contribution in [0.1, 0.15) is 28.9 Å². The Morgan fingerprint density at radius 3 is 2.44 bits per heavy atom. The molecule has 7 heteroatoms. The first kappa shape index (κ1) is 24.0. The second kappa shape index (κ2) is 11.9. The Hall–Kier alpha value is -3.09. The Labute approximate surface area is 209 Å². The number of benzene rings is 3. The molecule has 1 N–H and O–H groups in total. The van der Waals surface area contributed by atoms with Crippen molar-refractivity contribution in [3.8, 4) is 5.69 Å². The summed E-state index contributed by atoms with van der Waals surface area (Å²) in [7, 11) is 0. The summed E-state index contributed by atoms with van der Waals surface area (Å²) < 4.78 is 2.02. The summed E-state index contributed by atoms with van der Waals surface area (Å²) in [6.45, 7) is 2.73. The molecule has 0 aliphatic heterocycles. The normalized spacial score (nSPS) is 10.9. The molecule has 0 aliphatic carbocycles. The minimum Gasteiger partial charge on any atom is -0.356 e. The van der Waals surface area contributed by atoms with Crippen molar-refractivity contribution in [1.82, 2.24) is 20.1 Å². The van der Waals surface area contributed by atoms with Crippen LogP contribution in [0.15, 0.2) is 84.0 Å². The number of hydrogen-bond donors (Lipinski definition) is 1. The van der Waals surface area contributed by atoms with E-state index in [2.05, 4.69) is 52.8 Å². The molecule has 0 aliphatic rings. The van der Waals surface area contributed by atoms with Crippen LogP contribution in [0.25, 0.3) is 5.69 Å². The van der Waals surface area contributed by atoms with Crippen LogP contribution in [0.3, 0.4) is 0 Å². The summed E-state index contributed by atoms with van der Waals surface area (Å²) in [5, 5.41) is 13.4. The molecule has 1 aromatic heterocycles. The smallest absolute Gasteiger partial charge is 0.220 e. The van der Waals surface area contributed by atoms with Crippen LogP contribution in [0.4, 0.5) is 0 Å². The van der Waals surface area contributed by atoms with Crippen LogP contribution in [0.2, 0.25) is 5.02 Å². The highest BCUT2D eigenvalue weighted by Crippen LogP contribution is 2.27. The van der Waals surface area contributed by atoms with Crippen LogP contribution >= 0.6 is 23.4 Å². The van der Waals surface area contributed by atoms with Crippen LogP contribution in [-0.2, 0) is 23.4 Å². The molecule has 0 saturated carbocycles. The van der Waals surface area contributed by atoms with Gasteiger partial charge in [-0.1, -0.05) is 78.0 Å². The van der Waals surface area contributed by atoms with Gasteiger partial charge in [-0.3, -0.25) is 9.36 Å². The molecule has 5 nitrogen and oxygen atoms in total. The van der Waals surface area contributed by atoms with Crippen molar-refractivity contribution in [2.45, 2.75) is 37.1 Å². The van der Waals surface area contributed by atoms with E-state index in [1.54, 1.807) is 11.8 Å². The SMILES string of the molecule is Cc1ccccc1CSc1nnc(CCC(=O)NCCc2ccccc2)n1-c1ccc(Cl)cc1. The molecule has 0 fully saturated rings. The van der Waals surface area contributed by atoms with Gasteiger partial charge in [-0.15, -0.1) is 10.2 Å². The second-order valence-electron chi connectivity index (χ2n) is 8.01. The Morgan fingerprint density at radius 2 is 1.68 bits per heavy atom. The lowest BCUT2D eigenvalue weighted by Gasteiger charge is -2.11. The highest BCUT2D eigenvalue weighted by Gasteiger charge is 2.16. The highest BCUT2D eigenvalue weighted by atomic mass is 35.5.